The maximum Gasteiger partial charge on any atom is 0.264 e. The fourth-order valence-corrected chi connectivity index (χ4v) is 4.34. The van der Waals surface area contributed by atoms with Crippen LogP contribution in [-0.2, 0) is 21.4 Å². The first-order valence-corrected chi connectivity index (χ1v) is 9.35. The van der Waals surface area contributed by atoms with E-state index in [0.717, 1.165) is 11.1 Å². The molecule has 2 aromatic carbocycles. The SMILES string of the molecule is C=C[C@H]1CN(S(=O)(=O)c2ccc(C)cc2)c2ccc(Cl)cc2CO1. The molecule has 2 aromatic rings. The molecule has 0 radical (unpaired) electrons. The minimum atomic E-state index is -3.71. The van der Waals surface area contributed by atoms with E-state index in [1.807, 2.05) is 6.92 Å². The lowest BCUT2D eigenvalue weighted by Crippen LogP contribution is -2.36. The van der Waals surface area contributed by atoms with Gasteiger partial charge in [0.15, 0.2) is 0 Å². The third-order valence-corrected chi connectivity index (χ3v) is 6.01. The Hall–Kier alpha value is -1.82. The molecule has 0 saturated carbocycles. The zero-order valence-electron chi connectivity index (χ0n) is 13.3. The lowest BCUT2D eigenvalue weighted by Gasteiger charge is -2.25. The summed E-state index contributed by atoms with van der Waals surface area (Å²) in [4.78, 5) is 0.249. The highest BCUT2D eigenvalue weighted by atomic mass is 35.5. The first-order valence-electron chi connectivity index (χ1n) is 7.54. The van der Waals surface area contributed by atoms with Gasteiger partial charge in [-0.2, -0.15) is 0 Å². The average Bonchev–Trinajstić information content (AvgIpc) is 2.74. The third kappa shape index (κ3) is 3.20. The van der Waals surface area contributed by atoms with Crippen LogP contribution in [-0.4, -0.2) is 21.1 Å². The maximum atomic E-state index is 13.2. The highest BCUT2D eigenvalue weighted by Gasteiger charge is 2.31. The van der Waals surface area contributed by atoms with Crippen molar-refractivity contribution in [2.45, 2.75) is 24.5 Å². The van der Waals surface area contributed by atoms with Crippen LogP contribution < -0.4 is 4.31 Å². The van der Waals surface area contributed by atoms with Gasteiger partial charge in [0, 0.05) is 10.6 Å². The molecule has 0 N–H and O–H groups in total. The Bertz CT molecular complexity index is 862. The number of anilines is 1. The average molecular weight is 364 g/mol. The second-order valence-electron chi connectivity index (χ2n) is 5.71. The number of benzene rings is 2. The van der Waals surface area contributed by atoms with Crippen LogP contribution >= 0.6 is 11.6 Å². The molecule has 0 saturated heterocycles. The number of ether oxygens (including phenoxy) is 1. The van der Waals surface area contributed by atoms with Gasteiger partial charge in [-0.3, -0.25) is 4.31 Å². The van der Waals surface area contributed by atoms with Crippen LogP contribution in [0.4, 0.5) is 5.69 Å². The molecule has 0 unspecified atom stereocenters. The standard InChI is InChI=1S/C18H18ClNO3S/c1-3-16-11-20(18-9-6-15(19)10-14(18)12-23-16)24(21,22)17-7-4-13(2)5-8-17/h3-10,16H,1,11-12H2,2H3/t16-/m0/s1. The monoisotopic (exact) mass is 363 g/mol. The van der Waals surface area contributed by atoms with Crippen molar-refractivity contribution in [3.63, 3.8) is 0 Å². The molecule has 126 valence electrons. The summed E-state index contributed by atoms with van der Waals surface area (Å²) in [5.74, 6) is 0. The van der Waals surface area contributed by atoms with Crippen LogP contribution in [0.5, 0.6) is 0 Å². The van der Waals surface area contributed by atoms with E-state index in [4.69, 9.17) is 16.3 Å². The van der Waals surface area contributed by atoms with Crippen LogP contribution in [0.1, 0.15) is 11.1 Å². The summed E-state index contributed by atoms with van der Waals surface area (Å²) in [6.45, 7) is 6.11. The second-order valence-corrected chi connectivity index (χ2v) is 8.01. The molecular formula is C18H18ClNO3S. The number of fused-ring (bicyclic) bond motifs is 1. The van der Waals surface area contributed by atoms with Gasteiger partial charge in [0.25, 0.3) is 10.0 Å². The molecule has 1 heterocycles. The summed E-state index contributed by atoms with van der Waals surface area (Å²) in [5, 5.41) is 0.544. The van der Waals surface area contributed by atoms with Crippen molar-refractivity contribution in [3.8, 4) is 0 Å². The summed E-state index contributed by atoms with van der Waals surface area (Å²) in [7, 11) is -3.71. The molecule has 1 atom stereocenters. The molecule has 0 amide bonds. The lowest BCUT2D eigenvalue weighted by molar-refractivity contribution is 0.0830. The Morgan fingerprint density at radius 2 is 1.96 bits per heavy atom. The van der Waals surface area contributed by atoms with E-state index >= 15 is 0 Å². The first kappa shape index (κ1) is 17.0. The van der Waals surface area contributed by atoms with Crippen LogP contribution in [0.25, 0.3) is 0 Å². The number of sulfonamides is 1. The highest BCUT2D eigenvalue weighted by molar-refractivity contribution is 7.92. The van der Waals surface area contributed by atoms with E-state index < -0.39 is 16.1 Å². The number of aryl methyl sites for hydroxylation is 1. The van der Waals surface area contributed by atoms with Gasteiger partial charge in [0.05, 0.1) is 29.8 Å². The lowest BCUT2D eigenvalue weighted by atomic mass is 10.2. The predicted octanol–water partition coefficient (Wildman–Crippen LogP) is 3.93. The van der Waals surface area contributed by atoms with Crippen molar-refractivity contribution in [3.05, 3.63) is 71.3 Å². The van der Waals surface area contributed by atoms with Gasteiger partial charge < -0.3 is 4.74 Å². The van der Waals surface area contributed by atoms with Crippen molar-refractivity contribution in [2.24, 2.45) is 0 Å². The molecular weight excluding hydrogens is 346 g/mol. The Morgan fingerprint density at radius 3 is 2.62 bits per heavy atom. The first-order chi connectivity index (χ1) is 11.4. The number of hydrogen-bond donors (Lipinski definition) is 0. The van der Waals surface area contributed by atoms with Crippen molar-refractivity contribution in [1.29, 1.82) is 0 Å². The fraction of sp³-hybridized carbons (Fsp3) is 0.222. The number of rotatable bonds is 3. The van der Waals surface area contributed by atoms with E-state index in [-0.39, 0.29) is 18.0 Å². The van der Waals surface area contributed by atoms with Crippen LogP contribution in [0.3, 0.4) is 0 Å². The zero-order chi connectivity index (χ0) is 17.3. The van der Waals surface area contributed by atoms with E-state index in [2.05, 4.69) is 6.58 Å². The summed E-state index contributed by atoms with van der Waals surface area (Å²) >= 11 is 6.05. The summed E-state index contributed by atoms with van der Waals surface area (Å²) < 4.78 is 33.4. The number of hydrogen-bond acceptors (Lipinski definition) is 3. The third-order valence-electron chi connectivity index (χ3n) is 3.98. The number of halogens is 1. The van der Waals surface area contributed by atoms with Gasteiger partial charge in [-0.1, -0.05) is 35.4 Å². The molecule has 0 spiro atoms. The normalized spacial score (nSPS) is 17.9. The number of nitrogens with zero attached hydrogens (tertiary/aromatic N) is 1. The van der Waals surface area contributed by atoms with Crippen molar-refractivity contribution in [2.75, 3.05) is 10.8 Å². The van der Waals surface area contributed by atoms with Crippen molar-refractivity contribution < 1.29 is 13.2 Å². The van der Waals surface area contributed by atoms with Crippen LogP contribution in [0.15, 0.2) is 60.0 Å². The van der Waals surface area contributed by atoms with Crippen molar-refractivity contribution >= 4 is 27.3 Å². The fourth-order valence-electron chi connectivity index (χ4n) is 2.63. The van der Waals surface area contributed by atoms with E-state index in [0.29, 0.717) is 10.7 Å². The van der Waals surface area contributed by atoms with E-state index in [9.17, 15) is 8.42 Å². The topological polar surface area (TPSA) is 46.6 Å². The van der Waals surface area contributed by atoms with Gasteiger partial charge in [-0.05, 0) is 37.3 Å². The minimum Gasteiger partial charge on any atom is -0.368 e. The van der Waals surface area contributed by atoms with Crippen LogP contribution in [0.2, 0.25) is 5.02 Å². The molecule has 0 aliphatic carbocycles. The molecule has 0 aromatic heterocycles. The van der Waals surface area contributed by atoms with Crippen LogP contribution in [0, 0.1) is 6.92 Å². The van der Waals surface area contributed by atoms with E-state index in [1.54, 1.807) is 48.5 Å². The molecule has 1 aliphatic heterocycles. The minimum absolute atomic E-state index is 0.175. The zero-order valence-corrected chi connectivity index (χ0v) is 14.8. The quantitative estimate of drug-likeness (QED) is 0.776. The largest absolute Gasteiger partial charge is 0.368 e. The summed E-state index contributed by atoms with van der Waals surface area (Å²) in [5.41, 5.74) is 2.33. The molecule has 0 bridgehead atoms. The Balaban J connectivity index is 2.12. The van der Waals surface area contributed by atoms with Gasteiger partial charge in [0.2, 0.25) is 0 Å². The molecule has 0 fully saturated rings. The Labute approximate surface area is 147 Å². The molecule has 1 aliphatic rings. The second kappa shape index (κ2) is 6.59. The van der Waals surface area contributed by atoms with Crippen molar-refractivity contribution in [1.82, 2.24) is 0 Å². The maximum absolute atomic E-state index is 13.2. The predicted molar refractivity (Wildman–Crippen MR) is 95.9 cm³/mol. The van der Waals surface area contributed by atoms with Gasteiger partial charge in [0.1, 0.15) is 0 Å². The summed E-state index contributed by atoms with van der Waals surface area (Å²) in [6, 6.07) is 12.0. The van der Waals surface area contributed by atoms with Gasteiger partial charge in [-0.25, -0.2) is 8.42 Å². The van der Waals surface area contributed by atoms with E-state index in [1.165, 1.54) is 4.31 Å². The van der Waals surface area contributed by atoms with Gasteiger partial charge >= 0.3 is 0 Å². The smallest absolute Gasteiger partial charge is 0.264 e. The molecule has 3 rings (SSSR count). The highest BCUT2D eigenvalue weighted by Crippen LogP contribution is 2.33. The summed E-state index contributed by atoms with van der Waals surface area (Å²) in [6.07, 6.45) is 1.22. The Morgan fingerprint density at radius 1 is 1.25 bits per heavy atom. The molecule has 6 heteroatoms. The van der Waals surface area contributed by atoms with Gasteiger partial charge in [-0.15, -0.1) is 6.58 Å². The molecule has 4 nitrogen and oxygen atoms in total. The Kier molecular flexibility index (Phi) is 4.67. The molecule has 24 heavy (non-hydrogen) atoms.